The van der Waals surface area contributed by atoms with E-state index in [9.17, 15) is 20.1 Å². The highest BCUT2D eigenvalue weighted by Gasteiger charge is 2.48. The number of carbonyl (C=O) groups is 1. The van der Waals surface area contributed by atoms with Crippen molar-refractivity contribution >= 4 is 5.91 Å². The molecule has 6 N–H and O–H groups in total. The molecule has 1 amide bonds. The van der Waals surface area contributed by atoms with Crippen LogP contribution >= 0.6 is 0 Å². The summed E-state index contributed by atoms with van der Waals surface area (Å²) in [5, 5.41) is 37.4. The maximum absolute atomic E-state index is 13.3. The monoisotopic (exact) mass is 794 g/mol. The Labute approximate surface area is 342 Å². The highest BCUT2D eigenvalue weighted by Crippen LogP contribution is 2.34. The van der Waals surface area contributed by atoms with E-state index in [1.165, 1.54) is 0 Å². The molecule has 11 nitrogen and oxygen atoms in total. The van der Waals surface area contributed by atoms with Gasteiger partial charge in [-0.25, -0.2) is 0 Å². The van der Waals surface area contributed by atoms with E-state index in [4.69, 9.17) is 24.7 Å². The molecule has 0 aromatic rings. The second-order valence-corrected chi connectivity index (χ2v) is 17.0. The maximum Gasteiger partial charge on any atom is 0.247 e. The standard InChI is InChI=1S/C46H71N3O8/c1-30(2)26-36-27-33(5)19-13-12-16-25-45(8,52)38(22-15-14-18-31(3)20-17-21-32(4)23-24-34(6)48-43(36)51)57-44-40(47)41(50)37(29-54-44)56-39-28-46(9,53)42(49(10)11)35(7)55-39/h12-23,25,27,30,34-35,37-42,44,50,52-53H,24,26,28-29,47H2,1-11H3,(H,48,51)/b13-12+,18-14+,21-17+,22-15-,25-16+,31-20+,32-23+,33-19+,36-27+/t34-,35+,37+,38-,39-,40+,41-,42+,44-,45+,46+/m0/s1. The van der Waals surface area contributed by atoms with Crippen LogP contribution in [0, 0.1) is 5.92 Å². The van der Waals surface area contributed by atoms with Crippen LogP contribution in [0.1, 0.15) is 81.6 Å². The third-order valence-corrected chi connectivity index (χ3v) is 10.3. The molecule has 0 unspecified atom stereocenters. The van der Waals surface area contributed by atoms with E-state index in [0.29, 0.717) is 18.8 Å². The first-order chi connectivity index (χ1) is 26.7. The highest BCUT2D eigenvalue weighted by atomic mass is 16.7. The summed E-state index contributed by atoms with van der Waals surface area (Å²) in [6, 6.07) is -1.28. The van der Waals surface area contributed by atoms with Gasteiger partial charge in [0.1, 0.15) is 23.9 Å². The number of likely N-dealkylation sites (N-methyl/N-ethyl adjacent to an activating group) is 1. The lowest BCUT2D eigenvalue weighted by molar-refractivity contribution is -0.310. The van der Waals surface area contributed by atoms with Gasteiger partial charge in [-0.3, -0.25) is 4.79 Å². The number of hydrogen-bond acceptors (Lipinski definition) is 10. The van der Waals surface area contributed by atoms with E-state index in [2.05, 4.69) is 25.2 Å². The first-order valence-corrected chi connectivity index (χ1v) is 20.2. The summed E-state index contributed by atoms with van der Waals surface area (Å²) >= 11 is 0. The fourth-order valence-electron chi connectivity index (χ4n) is 7.34. The van der Waals surface area contributed by atoms with Crippen molar-refractivity contribution in [3.63, 3.8) is 0 Å². The minimum absolute atomic E-state index is 0.0258. The third kappa shape index (κ3) is 15.5. The second kappa shape index (κ2) is 22.2. The van der Waals surface area contributed by atoms with Gasteiger partial charge in [-0.2, -0.15) is 0 Å². The number of nitrogens with two attached hydrogens (primary N) is 1. The van der Waals surface area contributed by atoms with Gasteiger partial charge in [0.15, 0.2) is 12.6 Å². The Kier molecular flexibility index (Phi) is 18.8. The molecule has 11 heteroatoms. The normalized spacial score (nSPS) is 42.1. The summed E-state index contributed by atoms with van der Waals surface area (Å²) in [5.74, 6) is 0.240. The number of nitrogens with zero attached hydrogens (tertiary/aromatic N) is 1. The Hall–Kier alpha value is -3.23. The summed E-state index contributed by atoms with van der Waals surface area (Å²) in [7, 11) is 3.79. The van der Waals surface area contributed by atoms with Gasteiger partial charge in [0.05, 0.1) is 30.4 Å². The molecule has 3 heterocycles. The number of hydrogen-bond donors (Lipinski definition) is 5. The molecule has 0 aromatic heterocycles. The first kappa shape index (κ1) is 48.1. The zero-order valence-corrected chi connectivity index (χ0v) is 36.1. The van der Waals surface area contributed by atoms with E-state index >= 15 is 0 Å². The molecular formula is C46H71N3O8. The van der Waals surface area contributed by atoms with Crippen LogP contribution in [-0.2, 0) is 23.7 Å². The quantitative estimate of drug-likeness (QED) is 0.212. The van der Waals surface area contributed by atoms with Crippen LogP contribution in [0.2, 0.25) is 0 Å². The largest absolute Gasteiger partial charge is 0.388 e. The van der Waals surface area contributed by atoms with E-state index in [-0.39, 0.29) is 37.1 Å². The molecule has 0 spiro atoms. The molecular weight excluding hydrogens is 723 g/mol. The van der Waals surface area contributed by atoms with Gasteiger partial charge in [-0.1, -0.05) is 116 Å². The topological polar surface area (TPSA) is 156 Å². The lowest BCUT2D eigenvalue weighted by atomic mass is 9.85. The van der Waals surface area contributed by atoms with Crippen molar-refractivity contribution in [1.82, 2.24) is 10.2 Å². The Morgan fingerprint density at radius 1 is 0.965 bits per heavy atom. The molecule has 0 aromatic carbocycles. The van der Waals surface area contributed by atoms with Crippen LogP contribution in [0.3, 0.4) is 0 Å². The number of amides is 1. The lowest BCUT2D eigenvalue weighted by Gasteiger charge is -2.48. The SMILES string of the molecule is CC1=C\C=C\C(C)=C\C[C@H](C)NC(=O)/C(CC(C)C)=C/C(C)=C/C=C/C=C/[C@@](C)(O)[C@@H](O[C@@H]2OC[C@@H](O[C@H]3C[C@@](C)(O)[C@H](N(C)C)[C@@H](C)O3)[C@H](O)[C@H]2N)/C=C\C=C\1. The number of allylic oxidation sites excluding steroid dienone is 14. The summed E-state index contributed by atoms with van der Waals surface area (Å²) in [6.45, 7) is 17.4. The minimum Gasteiger partial charge on any atom is -0.388 e. The van der Waals surface area contributed by atoms with Gasteiger partial charge >= 0.3 is 0 Å². The Bertz CT molecular complexity index is 1600. The van der Waals surface area contributed by atoms with Gasteiger partial charge in [-0.15, -0.1) is 0 Å². The highest BCUT2D eigenvalue weighted by molar-refractivity contribution is 5.94. The van der Waals surface area contributed by atoms with Gasteiger partial charge in [0.2, 0.25) is 5.91 Å². The van der Waals surface area contributed by atoms with Crippen molar-refractivity contribution in [3.8, 4) is 0 Å². The zero-order valence-electron chi connectivity index (χ0n) is 36.1. The zero-order chi connectivity index (χ0) is 42.5. The maximum atomic E-state index is 13.3. The van der Waals surface area contributed by atoms with Crippen LogP contribution in [-0.4, -0.2) is 113 Å². The number of aliphatic hydroxyl groups is 3. The van der Waals surface area contributed by atoms with E-state index < -0.39 is 48.1 Å². The summed E-state index contributed by atoms with van der Waals surface area (Å²) < 4.78 is 24.6. The van der Waals surface area contributed by atoms with Crippen molar-refractivity contribution in [2.45, 2.75) is 148 Å². The van der Waals surface area contributed by atoms with Gasteiger partial charge < -0.3 is 50.2 Å². The predicted octanol–water partition coefficient (Wildman–Crippen LogP) is 5.87. The second-order valence-electron chi connectivity index (χ2n) is 17.0. The number of aliphatic hydroxyl groups excluding tert-OH is 1. The molecule has 0 bridgehead atoms. The summed E-state index contributed by atoms with van der Waals surface area (Å²) in [4.78, 5) is 15.2. The lowest BCUT2D eigenvalue weighted by Crippen LogP contribution is -2.63. The average molecular weight is 794 g/mol. The van der Waals surface area contributed by atoms with Gasteiger partial charge in [0.25, 0.3) is 0 Å². The smallest absolute Gasteiger partial charge is 0.247 e. The molecule has 57 heavy (non-hydrogen) atoms. The van der Waals surface area contributed by atoms with Gasteiger partial charge in [0, 0.05) is 18.0 Å². The molecule has 11 atom stereocenters. The predicted molar refractivity (Wildman–Crippen MR) is 228 cm³/mol. The summed E-state index contributed by atoms with van der Waals surface area (Å²) in [5.41, 5.74) is 7.63. The van der Waals surface area contributed by atoms with Crippen molar-refractivity contribution in [3.05, 3.63) is 107 Å². The van der Waals surface area contributed by atoms with Crippen molar-refractivity contribution < 1.29 is 39.1 Å². The number of ether oxygens (including phenoxy) is 4. The molecule has 3 aliphatic rings. The minimum atomic E-state index is -1.53. The molecule has 3 rings (SSSR count). The van der Waals surface area contributed by atoms with E-state index in [0.717, 1.165) is 22.3 Å². The number of carbonyl (C=O) groups excluding carboxylic acids is 1. The first-order valence-electron chi connectivity index (χ1n) is 20.2. The van der Waals surface area contributed by atoms with Crippen LogP contribution in [0.25, 0.3) is 0 Å². The fraction of sp³-hybridized carbons (Fsp3) is 0.587. The molecule has 2 saturated heterocycles. The Balaban J connectivity index is 1.86. The van der Waals surface area contributed by atoms with Crippen LogP contribution in [0.15, 0.2) is 107 Å². The number of rotatable bonds is 7. The Morgan fingerprint density at radius 2 is 1.65 bits per heavy atom. The van der Waals surface area contributed by atoms with Gasteiger partial charge in [-0.05, 0) is 81.3 Å². The van der Waals surface area contributed by atoms with E-state index in [1.54, 1.807) is 44.2 Å². The summed E-state index contributed by atoms with van der Waals surface area (Å²) in [6.07, 6.45) is 22.7. The van der Waals surface area contributed by atoms with Crippen molar-refractivity contribution in [2.75, 3.05) is 20.7 Å². The fourth-order valence-corrected chi connectivity index (χ4v) is 7.34. The molecule has 3 aliphatic heterocycles. The van der Waals surface area contributed by atoms with E-state index in [1.807, 2.05) is 102 Å². The Morgan fingerprint density at radius 3 is 2.32 bits per heavy atom. The molecule has 0 aliphatic carbocycles. The molecule has 318 valence electrons. The van der Waals surface area contributed by atoms with Crippen LogP contribution in [0.5, 0.6) is 0 Å². The van der Waals surface area contributed by atoms with Crippen LogP contribution < -0.4 is 11.1 Å². The number of nitrogens with one attached hydrogen (secondary N) is 1. The van der Waals surface area contributed by atoms with Crippen molar-refractivity contribution in [2.24, 2.45) is 11.7 Å². The molecule has 0 saturated carbocycles. The average Bonchev–Trinajstić information content (AvgIpc) is 3.09. The van der Waals surface area contributed by atoms with Crippen molar-refractivity contribution in [1.29, 1.82) is 0 Å². The molecule has 2 fully saturated rings. The van der Waals surface area contributed by atoms with Crippen LogP contribution in [0.4, 0.5) is 0 Å². The third-order valence-electron chi connectivity index (χ3n) is 10.3. The molecule has 0 radical (unpaired) electrons.